The second-order valence-corrected chi connectivity index (χ2v) is 7.93. The minimum Gasteiger partial charge on any atom is -0.497 e. The number of amides is 1. The molecule has 1 saturated heterocycles. The van der Waals surface area contributed by atoms with Crippen LogP contribution in [-0.4, -0.2) is 41.7 Å². The zero-order chi connectivity index (χ0) is 20.4. The molecule has 2 aromatic rings. The van der Waals surface area contributed by atoms with E-state index in [1.54, 1.807) is 12.0 Å². The summed E-state index contributed by atoms with van der Waals surface area (Å²) in [6.07, 6.45) is 3.93. The maximum atomic E-state index is 12.9. The van der Waals surface area contributed by atoms with Crippen LogP contribution in [0.1, 0.15) is 37.2 Å². The molecule has 1 aliphatic carbocycles. The van der Waals surface area contributed by atoms with E-state index in [4.69, 9.17) is 4.74 Å². The minimum atomic E-state index is -0.507. The van der Waals surface area contributed by atoms with Gasteiger partial charge in [0, 0.05) is 11.8 Å². The van der Waals surface area contributed by atoms with Crippen LogP contribution in [0.5, 0.6) is 5.75 Å². The standard InChI is InChI=1S/C24H26N2O3/c1-29-20-12-10-17(11-13-20)16-6-8-18(9-7-16)23-21(14-25)26(22(23)15-27)24(28)19-4-2-3-5-19/h6-13,19,21-23,27H,2-5,15H2,1H3/t21-,22-,23-/m0/s1. The highest BCUT2D eigenvalue weighted by molar-refractivity contribution is 5.82. The molecule has 5 heteroatoms. The Kier molecular flexibility index (Phi) is 5.55. The summed E-state index contributed by atoms with van der Waals surface area (Å²) in [4.78, 5) is 14.5. The number of rotatable bonds is 5. The number of methoxy groups -OCH3 is 1. The van der Waals surface area contributed by atoms with E-state index >= 15 is 0 Å². The summed E-state index contributed by atoms with van der Waals surface area (Å²) in [5.74, 6) is 0.715. The number of carbonyl (C=O) groups excluding carboxylic acids is 1. The maximum absolute atomic E-state index is 12.9. The van der Waals surface area contributed by atoms with Gasteiger partial charge in [0.05, 0.1) is 25.8 Å². The summed E-state index contributed by atoms with van der Waals surface area (Å²) >= 11 is 0. The van der Waals surface area contributed by atoms with Gasteiger partial charge in [-0.15, -0.1) is 0 Å². The third kappa shape index (κ3) is 3.49. The number of likely N-dealkylation sites (tertiary alicyclic amines) is 1. The third-order valence-electron chi connectivity index (χ3n) is 6.41. The Morgan fingerprint density at radius 2 is 1.69 bits per heavy atom. The first-order valence-electron chi connectivity index (χ1n) is 10.2. The van der Waals surface area contributed by atoms with Crippen molar-refractivity contribution in [2.45, 2.75) is 43.7 Å². The largest absolute Gasteiger partial charge is 0.497 e. The zero-order valence-electron chi connectivity index (χ0n) is 16.6. The molecular weight excluding hydrogens is 364 g/mol. The average Bonchev–Trinajstić information content (AvgIpc) is 3.29. The Morgan fingerprint density at radius 3 is 2.21 bits per heavy atom. The molecule has 0 aromatic heterocycles. The van der Waals surface area contributed by atoms with Gasteiger partial charge in [0.25, 0.3) is 0 Å². The van der Waals surface area contributed by atoms with Gasteiger partial charge in [0.2, 0.25) is 5.91 Å². The van der Waals surface area contributed by atoms with Crippen LogP contribution in [-0.2, 0) is 4.79 Å². The average molecular weight is 390 g/mol. The topological polar surface area (TPSA) is 73.6 Å². The van der Waals surface area contributed by atoms with Crippen molar-refractivity contribution < 1.29 is 14.6 Å². The number of hydrogen-bond acceptors (Lipinski definition) is 4. The van der Waals surface area contributed by atoms with Gasteiger partial charge in [-0.3, -0.25) is 4.79 Å². The minimum absolute atomic E-state index is 0.0123. The monoisotopic (exact) mass is 390 g/mol. The van der Waals surface area contributed by atoms with Gasteiger partial charge in [-0.1, -0.05) is 49.2 Å². The number of hydrogen-bond donors (Lipinski definition) is 1. The molecule has 1 aliphatic heterocycles. The number of nitrogens with zero attached hydrogens (tertiary/aromatic N) is 2. The predicted molar refractivity (Wildman–Crippen MR) is 110 cm³/mol. The molecular formula is C24H26N2O3. The van der Waals surface area contributed by atoms with Crippen LogP contribution in [0.25, 0.3) is 11.1 Å². The van der Waals surface area contributed by atoms with Gasteiger partial charge in [0.15, 0.2) is 0 Å². The summed E-state index contributed by atoms with van der Waals surface area (Å²) in [5, 5.41) is 19.7. The number of benzene rings is 2. The number of aliphatic hydroxyl groups excluding tert-OH is 1. The van der Waals surface area contributed by atoms with Gasteiger partial charge in [-0.05, 0) is 41.7 Å². The van der Waals surface area contributed by atoms with Gasteiger partial charge < -0.3 is 14.7 Å². The normalized spacial score (nSPS) is 24.0. The Balaban J connectivity index is 1.54. The second kappa shape index (κ2) is 8.26. The van der Waals surface area contributed by atoms with E-state index in [9.17, 15) is 15.2 Å². The van der Waals surface area contributed by atoms with E-state index in [1.165, 1.54) is 0 Å². The Hall–Kier alpha value is -2.84. The second-order valence-electron chi connectivity index (χ2n) is 7.93. The molecule has 29 heavy (non-hydrogen) atoms. The molecule has 0 unspecified atom stereocenters. The van der Waals surface area contributed by atoms with Crippen LogP contribution in [0.15, 0.2) is 48.5 Å². The quantitative estimate of drug-likeness (QED) is 0.844. The van der Waals surface area contributed by atoms with Crippen molar-refractivity contribution in [3.8, 4) is 22.9 Å². The molecule has 2 aliphatic rings. The summed E-state index contributed by atoms with van der Waals surface area (Å²) in [6, 6.07) is 17.4. The smallest absolute Gasteiger partial charge is 0.227 e. The molecule has 3 atom stereocenters. The van der Waals surface area contributed by atoms with Crippen molar-refractivity contribution in [1.29, 1.82) is 5.26 Å². The summed E-state index contributed by atoms with van der Waals surface area (Å²) in [7, 11) is 1.65. The first-order valence-corrected chi connectivity index (χ1v) is 10.2. The van der Waals surface area contributed by atoms with Crippen molar-refractivity contribution in [2.75, 3.05) is 13.7 Å². The first-order chi connectivity index (χ1) is 14.2. The Labute approximate surface area is 171 Å². The van der Waals surface area contributed by atoms with E-state index in [0.717, 1.165) is 48.1 Å². The van der Waals surface area contributed by atoms with Crippen molar-refractivity contribution in [1.82, 2.24) is 4.90 Å². The van der Waals surface area contributed by atoms with E-state index in [2.05, 4.69) is 6.07 Å². The molecule has 4 rings (SSSR count). The lowest BCUT2D eigenvalue weighted by Gasteiger charge is -2.52. The highest BCUT2D eigenvalue weighted by Crippen LogP contribution is 2.43. The van der Waals surface area contributed by atoms with Crippen LogP contribution in [0.4, 0.5) is 0 Å². The van der Waals surface area contributed by atoms with Crippen molar-refractivity contribution in [2.24, 2.45) is 5.92 Å². The van der Waals surface area contributed by atoms with E-state index in [-0.39, 0.29) is 30.4 Å². The summed E-state index contributed by atoms with van der Waals surface area (Å²) in [6.45, 7) is -0.123. The van der Waals surface area contributed by atoms with Crippen LogP contribution in [0.2, 0.25) is 0 Å². The molecule has 150 valence electrons. The molecule has 1 saturated carbocycles. The summed E-state index contributed by atoms with van der Waals surface area (Å²) < 4.78 is 5.21. The first kappa shape index (κ1) is 19.5. The van der Waals surface area contributed by atoms with Crippen molar-refractivity contribution in [3.05, 3.63) is 54.1 Å². The fourth-order valence-electron chi connectivity index (χ4n) is 4.78. The molecule has 0 radical (unpaired) electrons. The summed E-state index contributed by atoms with van der Waals surface area (Å²) in [5.41, 5.74) is 3.14. The predicted octanol–water partition coefficient (Wildman–Crippen LogP) is 3.73. The van der Waals surface area contributed by atoms with Gasteiger partial charge >= 0.3 is 0 Å². The molecule has 1 heterocycles. The van der Waals surface area contributed by atoms with Crippen molar-refractivity contribution >= 4 is 5.91 Å². The molecule has 5 nitrogen and oxygen atoms in total. The van der Waals surface area contributed by atoms with E-state index in [1.807, 2.05) is 48.5 Å². The molecule has 0 spiro atoms. The number of nitriles is 1. The van der Waals surface area contributed by atoms with Gasteiger partial charge in [-0.2, -0.15) is 5.26 Å². The fourth-order valence-corrected chi connectivity index (χ4v) is 4.78. The van der Waals surface area contributed by atoms with Gasteiger partial charge in [0.1, 0.15) is 11.8 Å². The van der Waals surface area contributed by atoms with Crippen LogP contribution < -0.4 is 4.74 Å². The van der Waals surface area contributed by atoms with Crippen molar-refractivity contribution in [3.63, 3.8) is 0 Å². The Morgan fingerprint density at radius 1 is 1.10 bits per heavy atom. The SMILES string of the molecule is COc1ccc(-c2ccc([C@H]3[C@H](C#N)N(C(=O)C4CCCC4)[C@H]3CO)cc2)cc1. The number of ether oxygens (including phenoxy) is 1. The zero-order valence-corrected chi connectivity index (χ0v) is 16.6. The fraction of sp³-hybridized carbons (Fsp3) is 0.417. The lowest BCUT2D eigenvalue weighted by molar-refractivity contribution is -0.151. The van der Waals surface area contributed by atoms with E-state index < -0.39 is 6.04 Å². The molecule has 2 fully saturated rings. The molecule has 1 N–H and O–H groups in total. The number of aliphatic hydroxyl groups is 1. The molecule has 2 aromatic carbocycles. The maximum Gasteiger partial charge on any atom is 0.227 e. The highest BCUT2D eigenvalue weighted by Gasteiger charge is 2.52. The molecule has 1 amide bonds. The van der Waals surface area contributed by atoms with Gasteiger partial charge in [-0.25, -0.2) is 0 Å². The Bertz CT molecular complexity index is 895. The van der Waals surface area contributed by atoms with Crippen LogP contribution in [0, 0.1) is 17.2 Å². The molecule has 0 bridgehead atoms. The lowest BCUT2D eigenvalue weighted by Crippen LogP contribution is -2.66. The third-order valence-corrected chi connectivity index (χ3v) is 6.41. The van der Waals surface area contributed by atoms with E-state index in [0.29, 0.717) is 0 Å². The highest BCUT2D eigenvalue weighted by atomic mass is 16.5. The number of carbonyl (C=O) groups is 1. The van der Waals surface area contributed by atoms with Crippen LogP contribution >= 0.6 is 0 Å². The lowest BCUT2D eigenvalue weighted by atomic mass is 9.74. The van der Waals surface area contributed by atoms with Crippen LogP contribution in [0.3, 0.4) is 0 Å².